The maximum atomic E-state index is 12.8. The molecular formula is C23H29ClN2O3S. The molecule has 0 aliphatic carbocycles. The molecule has 2 aromatic carbocycles. The lowest BCUT2D eigenvalue weighted by Crippen LogP contribution is -2.41. The van der Waals surface area contributed by atoms with E-state index < -0.39 is 9.84 Å². The number of carbonyl (C=O) groups is 1. The molecule has 0 bridgehead atoms. The van der Waals surface area contributed by atoms with E-state index in [1.54, 1.807) is 24.3 Å². The van der Waals surface area contributed by atoms with Crippen LogP contribution < -0.4 is 5.32 Å². The number of benzene rings is 2. The highest BCUT2D eigenvalue weighted by molar-refractivity contribution is 7.90. The van der Waals surface area contributed by atoms with Gasteiger partial charge in [0, 0.05) is 23.7 Å². The zero-order chi connectivity index (χ0) is 21.7. The van der Waals surface area contributed by atoms with Gasteiger partial charge in [0.05, 0.1) is 10.9 Å². The molecule has 2 aromatic rings. The van der Waals surface area contributed by atoms with Gasteiger partial charge in [-0.2, -0.15) is 0 Å². The Morgan fingerprint density at radius 2 is 1.83 bits per heavy atom. The molecule has 30 heavy (non-hydrogen) atoms. The van der Waals surface area contributed by atoms with Crippen molar-refractivity contribution in [1.29, 1.82) is 0 Å². The third-order valence-electron chi connectivity index (χ3n) is 5.69. The number of carbonyl (C=O) groups excluding carboxylic acids is 1. The number of hydrogen-bond acceptors (Lipinski definition) is 4. The van der Waals surface area contributed by atoms with Crippen LogP contribution in [0.25, 0.3) is 0 Å². The number of halogens is 1. The normalized spacial score (nSPS) is 16.9. The molecule has 0 spiro atoms. The van der Waals surface area contributed by atoms with Gasteiger partial charge in [0.2, 0.25) is 5.91 Å². The Morgan fingerprint density at radius 3 is 2.40 bits per heavy atom. The van der Waals surface area contributed by atoms with Gasteiger partial charge in [0.25, 0.3) is 0 Å². The van der Waals surface area contributed by atoms with Gasteiger partial charge >= 0.3 is 0 Å². The number of likely N-dealkylation sites (tertiary alicyclic amines) is 1. The van der Waals surface area contributed by atoms with E-state index in [1.807, 2.05) is 25.1 Å². The predicted molar refractivity (Wildman–Crippen MR) is 120 cm³/mol. The lowest BCUT2D eigenvalue weighted by Gasteiger charge is -2.32. The van der Waals surface area contributed by atoms with Crippen LogP contribution in [0.5, 0.6) is 0 Å². The van der Waals surface area contributed by atoms with Crippen molar-refractivity contribution < 1.29 is 13.2 Å². The van der Waals surface area contributed by atoms with Crippen molar-refractivity contribution in [2.75, 3.05) is 19.3 Å². The van der Waals surface area contributed by atoms with Crippen molar-refractivity contribution in [3.05, 3.63) is 64.7 Å². The Labute approximate surface area is 184 Å². The van der Waals surface area contributed by atoms with Crippen molar-refractivity contribution in [2.45, 2.75) is 43.7 Å². The smallest absolute Gasteiger partial charge is 0.223 e. The summed E-state index contributed by atoms with van der Waals surface area (Å²) >= 11 is 6.07. The first-order valence-electron chi connectivity index (χ1n) is 10.3. The molecule has 1 amide bonds. The van der Waals surface area contributed by atoms with Crippen LogP contribution in [-0.2, 0) is 21.2 Å². The first-order chi connectivity index (χ1) is 14.3. The van der Waals surface area contributed by atoms with Gasteiger partial charge in [-0.25, -0.2) is 8.42 Å². The van der Waals surface area contributed by atoms with Crippen LogP contribution in [0, 0.1) is 5.92 Å². The van der Waals surface area contributed by atoms with Crippen molar-refractivity contribution in [3.63, 3.8) is 0 Å². The van der Waals surface area contributed by atoms with Gasteiger partial charge in [0.1, 0.15) is 0 Å². The molecule has 7 heteroatoms. The molecule has 1 heterocycles. The third-order valence-corrected chi connectivity index (χ3v) is 7.05. The Kier molecular flexibility index (Phi) is 7.55. The molecule has 5 nitrogen and oxygen atoms in total. The summed E-state index contributed by atoms with van der Waals surface area (Å²) in [6, 6.07) is 14.6. The second kappa shape index (κ2) is 9.94. The van der Waals surface area contributed by atoms with Crippen molar-refractivity contribution in [1.82, 2.24) is 10.2 Å². The fourth-order valence-corrected chi connectivity index (χ4v) is 4.75. The van der Waals surface area contributed by atoms with E-state index in [9.17, 15) is 13.2 Å². The number of rotatable bonds is 7. The summed E-state index contributed by atoms with van der Waals surface area (Å²) < 4.78 is 23.3. The number of piperidine rings is 1. The average Bonchev–Trinajstić information content (AvgIpc) is 2.72. The molecular weight excluding hydrogens is 420 g/mol. The first kappa shape index (κ1) is 22.8. The van der Waals surface area contributed by atoms with E-state index >= 15 is 0 Å². The lowest BCUT2D eigenvalue weighted by atomic mass is 9.94. The summed E-state index contributed by atoms with van der Waals surface area (Å²) in [7, 11) is -3.22. The summed E-state index contributed by atoms with van der Waals surface area (Å²) in [4.78, 5) is 15.5. The van der Waals surface area contributed by atoms with E-state index in [2.05, 4.69) is 16.3 Å². The van der Waals surface area contributed by atoms with Gasteiger partial charge in [-0.05, 0) is 67.7 Å². The minimum Gasteiger partial charge on any atom is -0.349 e. The fourth-order valence-electron chi connectivity index (χ4n) is 3.90. The Balaban J connectivity index is 1.54. The molecule has 162 valence electrons. The molecule has 1 N–H and O–H groups in total. The minimum atomic E-state index is -3.22. The largest absolute Gasteiger partial charge is 0.349 e. The van der Waals surface area contributed by atoms with E-state index in [1.165, 1.54) is 11.8 Å². The molecule has 1 saturated heterocycles. The SMILES string of the molecule is CC[C@H](NC(=O)C1CCN(Cc2cccc(Cl)c2)CC1)c1ccc(S(C)(=O)=O)cc1. The monoisotopic (exact) mass is 448 g/mol. The summed E-state index contributed by atoms with van der Waals surface area (Å²) in [5, 5.41) is 3.91. The molecule has 1 aliphatic rings. The topological polar surface area (TPSA) is 66.5 Å². The first-order valence-corrected chi connectivity index (χ1v) is 12.6. The number of sulfone groups is 1. The van der Waals surface area contributed by atoms with Crippen LogP contribution in [0.15, 0.2) is 53.4 Å². The van der Waals surface area contributed by atoms with Crippen LogP contribution >= 0.6 is 11.6 Å². The van der Waals surface area contributed by atoms with Gasteiger partial charge in [-0.3, -0.25) is 9.69 Å². The number of amides is 1. The summed E-state index contributed by atoms with van der Waals surface area (Å²) in [6.07, 6.45) is 3.60. The number of hydrogen-bond donors (Lipinski definition) is 1. The quantitative estimate of drug-likeness (QED) is 0.688. The van der Waals surface area contributed by atoms with E-state index in [0.29, 0.717) is 4.90 Å². The van der Waals surface area contributed by atoms with Crippen LogP contribution in [0.1, 0.15) is 43.4 Å². The van der Waals surface area contributed by atoms with Crippen LogP contribution in [0.4, 0.5) is 0 Å². The molecule has 1 aliphatic heterocycles. The maximum absolute atomic E-state index is 12.8. The zero-order valence-corrected chi connectivity index (χ0v) is 19.0. The number of nitrogens with one attached hydrogen (secondary N) is 1. The second-order valence-corrected chi connectivity index (χ2v) is 10.4. The van der Waals surface area contributed by atoms with Crippen molar-refractivity contribution in [3.8, 4) is 0 Å². The molecule has 0 saturated carbocycles. The zero-order valence-electron chi connectivity index (χ0n) is 17.5. The molecule has 3 rings (SSSR count). The Hall–Kier alpha value is -1.89. The van der Waals surface area contributed by atoms with E-state index in [4.69, 9.17) is 11.6 Å². The predicted octanol–water partition coefficient (Wildman–Crippen LogP) is 4.22. The Bertz CT molecular complexity index is 968. The van der Waals surface area contributed by atoms with Gasteiger partial charge in [-0.15, -0.1) is 0 Å². The average molecular weight is 449 g/mol. The highest BCUT2D eigenvalue weighted by Gasteiger charge is 2.26. The molecule has 0 radical (unpaired) electrons. The molecule has 1 atom stereocenters. The molecule has 0 unspecified atom stereocenters. The van der Waals surface area contributed by atoms with Gasteiger partial charge < -0.3 is 5.32 Å². The van der Waals surface area contributed by atoms with Crippen molar-refractivity contribution >= 4 is 27.3 Å². The summed E-state index contributed by atoms with van der Waals surface area (Å²) in [6.45, 7) is 4.62. The van der Waals surface area contributed by atoms with Gasteiger partial charge in [-0.1, -0.05) is 42.8 Å². The van der Waals surface area contributed by atoms with Gasteiger partial charge in [0.15, 0.2) is 9.84 Å². The van der Waals surface area contributed by atoms with Crippen LogP contribution in [-0.4, -0.2) is 38.6 Å². The maximum Gasteiger partial charge on any atom is 0.223 e. The van der Waals surface area contributed by atoms with E-state index in [0.717, 1.165) is 49.5 Å². The highest BCUT2D eigenvalue weighted by Crippen LogP contribution is 2.24. The second-order valence-electron chi connectivity index (χ2n) is 7.99. The van der Waals surface area contributed by atoms with E-state index in [-0.39, 0.29) is 17.9 Å². The summed E-state index contributed by atoms with van der Waals surface area (Å²) in [5.74, 6) is 0.0846. The van der Waals surface area contributed by atoms with Crippen LogP contribution in [0.2, 0.25) is 5.02 Å². The molecule has 1 fully saturated rings. The number of nitrogens with zero attached hydrogens (tertiary/aromatic N) is 1. The Morgan fingerprint density at radius 1 is 1.17 bits per heavy atom. The fraction of sp³-hybridized carbons (Fsp3) is 0.435. The standard InChI is InChI=1S/C23H29ClN2O3S/c1-3-22(18-7-9-21(10-8-18)30(2,28)29)25-23(27)19-11-13-26(14-12-19)16-17-5-4-6-20(24)15-17/h4-10,15,19,22H,3,11-14,16H2,1-2H3,(H,25,27)/t22-/m0/s1. The molecule has 0 aromatic heterocycles. The third kappa shape index (κ3) is 6.06. The lowest BCUT2D eigenvalue weighted by molar-refractivity contribution is -0.127. The minimum absolute atomic E-state index is 0.00459. The van der Waals surface area contributed by atoms with Crippen LogP contribution in [0.3, 0.4) is 0 Å². The summed E-state index contributed by atoms with van der Waals surface area (Å²) in [5.41, 5.74) is 2.12. The highest BCUT2D eigenvalue weighted by atomic mass is 35.5. The van der Waals surface area contributed by atoms with Crippen molar-refractivity contribution in [2.24, 2.45) is 5.92 Å².